The summed E-state index contributed by atoms with van der Waals surface area (Å²) in [6.07, 6.45) is 9.11. The van der Waals surface area contributed by atoms with Crippen molar-refractivity contribution in [3.63, 3.8) is 0 Å². The average Bonchev–Trinajstić information content (AvgIpc) is 2.24. The smallest absolute Gasteiger partial charge is 0.188 e. The summed E-state index contributed by atoms with van der Waals surface area (Å²) in [6, 6.07) is 0. The fourth-order valence-electron chi connectivity index (χ4n) is 2.65. The summed E-state index contributed by atoms with van der Waals surface area (Å²) in [5.74, 6) is -0.371. The Labute approximate surface area is 94.6 Å². The average molecular weight is 227 g/mol. The zero-order chi connectivity index (χ0) is 11.1. The molecule has 0 heterocycles. The quantitative estimate of drug-likeness (QED) is 0.549. The number of carbonyl (C=O) groups is 1. The zero-order valence-electron chi connectivity index (χ0n) is 8.74. The van der Waals surface area contributed by atoms with E-state index in [2.05, 4.69) is 13.0 Å². The maximum atomic E-state index is 11.7. The number of hydrogen-bond donors (Lipinski definition) is 1. The normalized spacial score (nSPS) is 44.2. The number of halogens is 1. The molecule has 0 radical (unpaired) electrons. The molecule has 0 saturated heterocycles. The van der Waals surface area contributed by atoms with Crippen LogP contribution in [0, 0.1) is 11.3 Å². The van der Waals surface area contributed by atoms with E-state index in [4.69, 9.17) is 11.6 Å². The first kappa shape index (κ1) is 10.9. The van der Waals surface area contributed by atoms with Crippen molar-refractivity contribution in [3.8, 4) is 0 Å². The summed E-state index contributed by atoms with van der Waals surface area (Å²) in [6.45, 7) is 2.07. The summed E-state index contributed by atoms with van der Waals surface area (Å²) in [5, 5.41) is 10.3. The van der Waals surface area contributed by atoms with Gasteiger partial charge in [-0.25, -0.2) is 0 Å². The molecule has 0 amide bonds. The van der Waals surface area contributed by atoms with E-state index < -0.39 is 5.60 Å². The van der Waals surface area contributed by atoms with Crippen LogP contribution in [0.15, 0.2) is 24.3 Å². The molecule has 0 spiro atoms. The molecule has 2 rings (SSSR count). The lowest BCUT2D eigenvalue weighted by molar-refractivity contribution is -0.142. The number of rotatable bonds is 1. The van der Waals surface area contributed by atoms with Crippen LogP contribution in [-0.2, 0) is 4.79 Å². The Balaban J connectivity index is 2.47. The molecular weight excluding hydrogens is 212 g/mol. The Morgan fingerprint density at radius 3 is 3.00 bits per heavy atom. The second kappa shape index (κ2) is 3.46. The highest BCUT2D eigenvalue weighted by Crippen LogP contribution is 2.48. The van der Waals surface area contributed by atoms with Gasteiger partial charge in [-0.15, -0.1) is 11.6 Å². The van der Waals surface area contributed by atoms with E-state index in [9.17, 15) is 9.90 Å². The number of hydrogen-bond acceptors (Lipinski definition) is 2. The Morgan fingerprint density at radius 2 is 2.33 bits per heavy atom. The summed E-state index contributed by atoms with van der Waals surface area (Å²) in [7, 11) is 0. The number of alkyl halides is 1. The minimum absolute atomic E-state index is 0.0235. The molecule has 3 atom stereocenters. The molecule has 0 aliphatic heterocycles. The molecule has 0 aromatic carbocycles. The first-order valence-electron chi connectivity index (χ1n) is 5.20. The molecule has 0 unspecified atom stereocenters. The van der Waals surface area contributed by atoms with Crippen molar-refractivity contribution in [2.24, 2.45) is 11.3 Å². The van der Waals surface area contributed by atoms with Gasteiger partial charge in [0.15, 0.2) is 5.78 Å². The van der Waals surface area contributed by atoms with Gasteiger partial charge in [0.05, 0.1) is 5.88 Å². The van der Waals surface area contributed by atoms with Crippen LogP contribution >= 0.6 is 11.6 Å². The molecule has 0 aromatic rings. The van der Waals surface area contributed by atoms with E-state index in [0.717, 1.165) is 12.8 Å². The second-order valence-electron chi connectivity index (χ2n) is 4.73. The van der Waals surface area contributed by atoms with E-state index in [-0.39, 0.29) is 23.0 Å². The SMILES string of the molecule is C[C@@]12C=CC(=O)[C@@](O)(CCl)[C@@H]1CC=CC2. The number of carbonyl (C=O) groups excluding carboxylic acids is 1. The van der Waals surface area contributed by atoms with Gasteiger partial charge >= 0.3 is 0 Å². The number of aliphatic hydroxyl groups is 1. The number of ketones is 1. The molecule has 2 aliphatic rings. The topological polar surface area (TPSA) is 37.3 Å². The van der Waals surface area contributed by atoms with E-state index in [1.54, 1.807) is 0 Å². The predicted octanol–water partition coefficient (Wildman–Crippen LogP) is 2.07. The maximum absolute atomic E-state index is 11.7. The van der Waals surface area contributed by atoms with Gasteiger partial charge in [-0.3, -0.25) is 4.79 Å². The molecule has 15 heavy (non-hydrogen) atoms. The van der Waals surface area contributed by atoms with Crippen molar-refractivity contribution in [1.82, 2.24) is 0 Å². The van der Waals surface area contributed by atoms with Crippen molar-refractivity contribution < 1.29 is 9.90 Å². The van der Waals surface area contributed by atoms with Crippen LogP contribution in [0.3, 0.4) is 0 Å². The third-order valence-corrected chi connectivity index (χ3v) is 4.12. The first-order chi connectivity index (χ1) is 7.03. The van der Waals surface area contributed by atoms with E-state index in [0.29, 0.717) is 0 Å². The molecule has 82 valence electrons. The van der Waals surface area contributed by atoms with Gasteiger partial charge in [0.25, 0.3) is 0 Å². The molecule has 0 fully saturated rings. The van der Waals surface area contributed by atoms with Gasteiger partial charge < -0.3 is 5.11 Å². The van der Waals surface area contributed by atoms with Crippen molar-refractivity contribution in [2.75, 3.05) is 5.88 Å². The first-order valence-corrected chi connectivity index (χ1v) is 5.73. The fraction of sp³-hybridized carbons (Fsp3) is 0.583. The van der Waals surface area contributed by atoms with E-state index >= 15 is 0 Å². The Morgan fingerprint density at radius 1 is 1.60 bits per heavy atom. The lowest BCUT2D eigenvalue weighted by Crippen LogP contribution is -2.55. The third kappa shape index (κ3) is 1.47. The highest BCUT2D eigenvalue weighted by molar-refractivity contribution is 6.21. The standard InChI is InChI=1S/C12H15ClO2/c1-11-6-3-2-4-9(11)12(15,8-13)10(14)5-7-11/h2-3,5,7,9,15H,4,6,8H2,1H3/t9-,11-,12-/m1/s1. The van der Waals surface area contributed by atoms with Crippen LogP contribution in [0.25, 0.3) is 0 Å². The highest BCUT2D eigenvalue weighted by atomic mass is 35.5. The lowest BCUT2D eigenvalue weighted by Gasteiger charge is -2.47. The Hall–Kier alpha value is -0.600. The van der Waals surface area contributed by atoms with Crippen molar-refractivity contribution >= 4 is 17.4 Å². The van der Waals surface area contributed by atoms with Gasteiger partial charge in [-0.2, -0.15) is 0 Å². The summed E-state index contributed by atoms with van der Waals surface area (Å²) < 4.78 is 0. The van der Waals surface area contributed by atoms with E-state index in [1.165, 1.54) is 6.08 Å². The molecule has 2 aliphatic carbocycles. The minimum atomic E-state index is -1.38. The molecule has 3 heteroatoms. The van der Waals surface area contributed by atoms with Crippen molar-refractivity contribution in [2.45, 2.75) is 25.4 Å². The summed E-state index contributed by atoms with van der Waals surface area (Å²) in [5.41, 5.74) is -1.51. The number of fused-ring (bicyclic) bond motifs is 1. The van der Waals surface area contributed by atoms with Crippen LogP contribution in [0.4, 0.5) is 0 Å². The second-order valence-corrected chi connectivity index (χ2v) is 4.99. The zero-order valence-corrected chi connectivity index (χ0v) is 9.50. The lowest BCUT2D eigenvalue weighted by atomic mass is 9.59. The fourth-order valence-corrected chi connectivity index (χ4v) is 2.96. The molecule has 0 aromatic heterocycles. The van der Waals surface area contributed by atoms with Gasteiger partial charge in [0, 0.05) is 5.92 Å². The van der Waals surface area contributed by atoms with Crippen molar-refractivity contribution in [3.05, 3.63) is 24.3 Å². The van der Waals surface area contributed by atoms with Crippen LogP contribution < -0.4 is 0 Å². The Kier molecular flexibility index (Phi) is 2.52. The summed E-state index contributed by atoms with van der Waals surface area (Å²) in [4.78, 5) is 11.7. The van der Waals surface area contributed by atoms with Crippen LogP contribution in [0.2, 0.25) is 0 Å². The van der Waals surface area contributed by atoms with Gasteiger partial charge in [-0.1, -0.05) is 25.2 Å². The monoisotopic (exact) mass is 226 g/mol. The summed E-state index contributed by atoms with van der Waals surface area (Å²) >= 11 is 5.77. The molecule has 2 nitrogen and oxygen atoms in total. The molecular formula is C12H15ClO2. The highest BCUT2D eigenvalue weighted by Gasteiger charge is 2.52. The molecule has 0 bridgehead atoms. The van der Waals surface area contributed by atoms with Crippen molar-refractivity contribution in [1.29, 1.82) is 0 Å². The van der Waals surface area contributed by atoms with Crippen LogP contribution in [0.1, 0.15) is 19.8 Å². The van der Waals surface area contributed by atoms with Gasteiger partial charge in [-0.05, 0) is 24.3 Å². The Bertz CT molecular complexity index is 348. The van der Waals surface area contributed by atoms with Gasteiger partial charge in [0.1, 0.15) is 5.60 Å². The minimum Gasteiger partial charge on any atom is -0.380 e. The predicted molar refractivity (Wildman–Crippen MR) is 59.8 cm³/mol. The molecule has 0 saturated carbocycles. The largest absolute Gasteiger partial charge is 0.380 e. The third-order valence-electron chi connectivity index (χ3n) is 3.71. The van der Waals surface area contributed by atoms with Crippen LogP contribution in [-0.4, -0.2) is 22.4 Å². The molecule has 1 N–H and O–H groups in total. The van der Waals surface area contributed by atoms with Crippen LogP contribution in [0.5, 0.6) is 0 Å². The maximum Gasteiger partial charge on any atom is 0.188 e. The van der Waals surface area contributed by atoms with Gasteiger partial charge in [0.2, 0.25) is 0 Å². The van der Waals surface area contributed by atoms with E-state index in [1.807, 2.05) is 12.2 Å². The number of allylic oxidation sites excluding steroid dienone is 3.